The van der Waals surface area contributed by atoms with E-state index in [1.807, 2.05) is 0 Å². The Morgan fingerprint density at radius 3 is 2.95 bits per heavy atom. The second kappa shape index (κ2) is 5.93. The summed E-state index contributed by atoms with van der Waals surface area (Å²) in [6.45, 7) is 2.92. The molecule has 2 rings (SSSR count). The van der Waals surface area contributed by atoms with Gasteiger partial charge >= 0.3 is 0 Å². The number of carbonyl (C=O) groups is 1. The molecule has 1 aromatic carbocycles. The van der Waals surface area contributed by atoms with Crippen molar-refractivity contribution in [3.05, 3.63) is 18.2 Å². The van der Waals surface area contributed by atoms with Gasteiger partial charge in [-0.15, -0.1) is 0 Å². The lowest BCUT2D eigenvalue weighted by Crippen LogP contribution is -2.48. The molecule has 1 amide bonds. The molecule has 2 atom stereocenters. The smallest absolute Gasteiger partial charge is 0.241 e. The lowest BCUT2D eigenvalue weighted by molar-refractivity contribution is -0.119. The van der Waals surface area contributed by atoms with Gasteiger partial charge in [-0.05, 0) is 37.4 Å². The third-order valence-corrected chi connectivity index (χ3v) is 3.51. The van der Waals surface area contributed by atoms with Gasteiger partial charge in [-0.25, -0.2) is 0 Å². The van der Waals surface area contributed by atoms with Crippen LogP contribution in [0.2, 0.25) is 0 Å². The summed E-state index contributed by atoms with van der Waals surface area (Å²) in [4.78, 5) is 12.2. The van der Waals surface area contributed by atoms with Crippen molar-refractivity contribution in [2.24, 2.45) is 5.92 Å². The van der Waals surface area contributed by atoms with E-state index < -0.39 is 0 Å². The molecule has 19 heavy (non-hydrogen) atoms. The maximum atomic E-state index is 12.2. The van der Waals surface area contributed by atoms with E-state index in [9.17, 15) is 9.90 Å². The average molecular weight is 264 g/mol. The number of hydrogen-bond donors (Lipinski definition) is 3. The van der Waals surface area contributed by atoms with Crippen molar-refractivity contribution < 1.29 is 14.6 Å². The number of benzene rings is 1. The Kier molecular flexibility index (Phi) is 4.27. The Labute approximate surface area is 113 Å². The SMILES string of the molecule is COc1ccc(NC(=O)C2NCCCC2C)c(O)c1. The molecule has 0 radical (unpaired) electrons. The Bertz CT molecular complexity index is 462. The molecular formula is C14H20N2O3. The molecule has 2 unspecified atom stereocenters. The van der Waals surface area contributed by atoms with Gasteiger partial charge in [0, 0.05) is 6.07 Å². The molecular weight excluding hydrogens is 244 g/mol. The highest BCUT2D eigenvalue weighted by molar-refractivity contribution is 5.96. The lowest BCUT2D eigenvalue weighted by atomic mass is 9.92. The lowest BCUT2D eigenvalue weighted by Gasteiger charge is -2.29. The molecule has 1 fully saturated rings. The number of nitrogens with one attached hydrogen (secondary N) is 2. The van der Waals surface area contributed by atoms with Crippen molar-refractivity contribution in [1.82, 2.24) is 5.32 Å². The predicted octanol–water partition coefficient (Wildman–Crippen LogP) is 1.73. The van der Waals surface area contributed by atoms with E-state index in [1.54, 1.807) is 12.1 Å². The van der Waals surface area contributed by atoms with E-state index >= 15 is 0 Å². The maximum Gasteiger partial charge on any atom is 0.241 e. The summed E-state index contributed by atoms with van der Waals surface area (Å²) < 4.78 is 5.00. The third-order valence-electron chi connectivity index (χ3n) is 3.51. The molecule has 104 valence electrons. The minimum absolute atomic E-state index is 0.0103. The molecule has 5 heteroatoms. The number of amides is 1. The molecule has 0 aromatic heterocycles. The Morgan fingerprint density at radius 1 is 1.53 bits per heavy atom. The van der Waals surface area contributed by atoms with Crippen LogP contribution in [0.15, 0.2) is 18.2 Å². The number of phenolic OH excluding ortho intramolecular Hbond substituents is 1. The number of ether oxygens (including phenoxy) is 1. The van der Waals surface area contributed by atoms with E-state index in [1.165, 1.54) is 13.2 Å². The van der Waals surface area contributed by atoms with Gasteiger partial charge < -0.3 is 20.5 Å². The number of piperidine rings is 1. The third kappa shape index (κ3) is 3.17. The van der Waals surface area contributed by atoms with Gasteiger partial charge in [-0.1, -0.05) is 6.92 Å². The van der Waals surface area contributed by atoms with Crippen molar-refractivity contribution in [2.45, 2.75) is 25.8 Å². The van der Waals surface area contributed by atoms with E-state index in [-0.39, 0.29) is 17.7 Å². The van der Waals surface area contributed by atoms with Crippen LogP contribution >= 0.6 is 0 Å². The molecule has 3 N–H and O–H groups in total. The van der Waals surface area contributed by atoms with Crippen LogP contribution in [0.5, 0.6) is 11.5 Å². The minimum atomic E-state index is -0.199. The zero-order chi connectivity index (χ0) is 13.8. The topological polar surface area (TPSA) is 70.6 Å². The normalized spacial score (nSPS) is 22.8. The van der Waals surface area contributed by atoms with Crippen LogP contribution in [0.25, 0.3) is 0 Å². The highest BCUT2D eigenvalue weighted by atomic mass is 16.5. The zero-order valence-electron chi connectivity index (χ0n) is 11.3. The Hall–Kier alpha value is -1.75. The molecule has 5 nitrogen and oxygen atoms in total. The average Bonchev–Trinajstić information content (AvgIpc) is 2.41. The first-order chi connectivity index (χ1) is 9.11. The number of hydrogen-bond acceptors (Lipinski definition) is 4. The van der Waals surface area contributed by atoms with Crippen LogP contribution < -0.4 is 15.4 Å². The number of methoxy groups -OCH3 is 1. The summed E-state index contributed by atoms with van der Waals surface area (Å²) in [6, 6.07) is 4.62. The second-order valence-electron chi connectivity index (χ2n) is 4.92. The van der Waals surface area contributed by atoms with E-state index in [4.69, 9.17) is 4.74 Å². The summed E-state index contributed by atoms with van der Waals surface area (Å²) in [6.07, 6.45) is 2.14. The van der Waals surface area contributed by atoms with Crippen molar-refractivity contribution in [3.63, 3.8) is 0 Å². The molecule has 0 spiro atoms. The molecule has 0 saturated carbocycles. The van der Waals surface area contributed by atoms with E-state index in [0.29, 0.717) is 17.4 Å². The Morgan fingerprint density at radius 2 is 2.32 bits per heavy atom. The number of carbonyl (C=O) groups excluding carboxylic acids is 1. The predicted molar refractivity (Wildman–Crippen MR) is 73.5 cm³/mol. The van der Waals surface area contributed by atoms with Crippen molar-refractivity contribution >= 4 is 11.6 Å². The van der Waals surface area contributed by atoms with E-state index in [2.05, 4.69) is 17.6 Å². The highest BCUT2D eigenvalue weighted by Crippen LogP contribution is 2.28. The molecule has 0 aliphatic carbocycles. The fraction of sp³-hybridized carbons (Fsp3) is 0.500. The molecule has 1 heterocycles. The molecule has 1 aliphatic heterocycles. The van der Waals surface area contributed by atoms with Gasteiger partial charge in [0.2, 0.25) is 5.91 Å². The maximum absolute atomic E-state index is 12.2. The van der Waals surface area contributed by atoms with Crippen LogP contribution in [-0.2, 0) is 4.79 Å². The Balaban J connectivity index is 2.06. The summed E-state index contributed by atoms with van der Waals surface area (Å²) in [5.41, 5.74) is 0.408. The number of aromatic hydroxyl groups is 1. The quantitative estimate of drug-likeness (QED) is 0.727. The van der Waals surface area contributed by atoms with Gasteiger partial charge in [0.25, 0.3) is 0 Å². The van der Waals surface area contributed by atoms with E-state index in [0.717, 1.165) is 19.4 Å². The first-order valence-electron chi connectivity index (χ1n) is 6.53. The van der Waals surface area contributed by atoms with Crippen molar-refractivity contribution in [2.75, 3.05) is 19.0 Å². The monoisotopic (exact) mass is 264 g/mol. The molecule has 1 aromatic rings. The van der Waals surface area contributed by atoms with Crippen molar-refractivity contribution in [3.8, 4) is 11.5 Å². The fourth-order valence-corrected chi connectivity index (χ4v) is 2.36. The number of rotatable bonds is 3. The van der Waals surface area contributed by atoms with Crippen LogP contribution in [-0.4, -0.2) is 30.7 Å². The van der Waals surface area contributed by atoms with Crippen LogP contribution in [0.1, 0.15) is 19.8 Å². The van der Waals surface area contributed by atoms with Crippen LogP contribution in [0.3, 0.4) is 0 Å². The largest absolute Gasteiger partial charge is 0.506 e. The summed E-state index contributed by atoms with van der Waals surface area (Å²) in [7, 11) is 1.53. The molecule has 1 saturated heterocycles. The molecule has 1 aliphatic rings. The first kappa shape index (κ1) is 13.7. The zero-order valence-corrected chi connectivity index (χ0v) is 11.3. The second-order valence-corrected chi connectivity index (χ2v) is 4.92. The van der Waals surface area contributed by atoms with Gasteiger partial charge in [0.05, 0.1) is 18.8 Å². The summed E-state index contributed by atoms with van der Waals surface area (Å²) >= 11 is 0. The standard InChI is InChI=1S/C14H20N2O3/c1-9-4-3-7-15-13(9)14(18)16-11-6-5-10(19-2)8-12(11)17/h5-6,8-9,13,15,17H,3-4,7H2,1-2H3,(H,16,18). The molecule has 0 bridgehead atoms. The number of phenols is 1. The minimum Gasteiger partial charge on any atom is -0.506 e. The van der Waals surface area contributed by atoms with Gasteiger partial charge in [0.1, 0.15) is 11.5 Å². The highest BCUT2D eigenvalue weighted by Gasteiger charge is 2.27. The fourth-order valence-electron chi connectivity index (χ4n) is 2.36. The van der Waals surface area contributed by atoms with Gasteiger partial charge in [-0.2, -0.15) is 0 Å². The first-order valence-corrected chi connectivity index (χ1v) is 6.53. The summed E-state index contributed by atoms with van der Waals surface area (Å²) in [5, 5.41) is 15.8. The van der Waals surface area contributed by atoms with Gasteiger partial charge in [0.15, 0.2) is 0 Å². The summed E-state index contributed by atoms with van der Waals surface area (Å²) in [5.74, 6) is 0.762. The number of anilines is 1. The van der Waals surface area contributed by atoms with Gasteiger partial charge in [-0.3, -0.25) is 4.79 Å². The van der Waals surface area contributed by atoms with Crippen LogP contribution in [0.4, 0.5) is 5.69 Å². The van der Waals surface area contributed by atoms with Crippen molar-refractivity contribution in [1.29, 1.82) is 0 Å². The van der Waals surface area contributed by atoms with Crippen LogP contribution in [0, 0.1) is 5.92 Å².